The number of amides is 3. The van der Waals surface area contributed by atoms with Crippen LogP contribution in [0, 0.1) is 0 Å². The molecule has 2 aromatic carbocycles. The maximum Gasteiger partial charge on any atom is 0.413 e. The maximum atomic E-state index is 12.3. The number of carbonyl (C=O) groups is 4. The van der Waals surface area contributed by atoms with Crippen LogP contribution in [-0.4, -0.2) is 37.1 Å². The first-order chi connectivity index (χ1) is 13.4. The van der Waals surface area contributed by atoms with E-state index in [2.05, 4.69) is 10.1 Å². The number of ether oxygens (including phenoxy) is 2. The van der Waals surface area contributed by atoms with Crippen molar-refractivity contribution in [2.75, 3.05) is 18.5 Å². The molecule has 8 nitrogen and oxygen atoms in total. The number of halogens is 1. The summed E-state index contributed by atoms with van der Waals surface area (Å²) in [5.74, 6) is -2.13. The Kier molecular flexibility index (Phi) is 7.53. The van der Waals surface area contributed by atoms with Crippen molar-refractivity contribution in [2.45, 2.75) is 6.92 Å². The van der Waals surface area contributed by atoms with Gasteiger partial charge in [-0.1, -0.05) is 23.7 Å². The van der Waals surface area contributed by atoms with Gasteiger partial charge in [-0.05, 0) is 43.3 Å². The first kappa shape index (κ1) is 20.9. The second-order valence-corrected chi connectivity index (χ2v) is 5.79. The molecule has 0 aliphatic rings. The second kappa shape index (κ2) is 10.1. The number of rotatable bonds is 6. The standard InChI is InChI=1S/C19H17ClN2O6/c1-2-27-19(26)22-16(23)11-28-18(25)14-5-3-4-6-15(14)21-17(24)12-7-9-13(20)10-8-12/h3-10H,2,11H2,1H3,(H,21,24)(H,22,23,26). The fraction of sp³-hybridized carbons (Fsp3) is 0.158. The van der Waals surface area contributed by atoms with Gasteiger partial charge >= 0.3 is 12.1 Å². The number of carbonyl (C=O) groups excluding carboxylic acids is 4. The molecule has 0 spiro atoms. The van der Waals surface area contributed by atoms with Crippen molar-refractivity contribution in [1.29, 1.82) is 0 Å². The molecule has 2 N–H and O–H groups in total. The Bertz CT molecular complexity index is 882. The summed E-state index contributed by atoms with van der Waals surface area (Å²) in [5, 5.41) is 5.00. The number of hydrogen-bond donors (Lipinski definition) is 2. The summed E-state index contributed by atoms with van der Waals surface area (Å²) in [4.78, 5) is 47.3. The Labute approximate surface area is 165 Å². The van der Waals surface area contributed by atoms with E-state index in [-0.39, 0.29) is 17.9 Å². The molecule has 0 saturated heterocycles. The van der Waals surface area contributed by atoms with E-state index in [1.165, 1.54) is 12.1 Å². The van der Waals surface area contributed by atoms with Crippen LogP contribution in [-0.2, 0) is 14.3 Å². The molecule has 0 fully saturated rings. The molecule has 3 amide bonds. The lowest BCUT2D eigenvalue weighted by Crippen LogP contribution is -2.34. The Morgan fingerprint density at radius 2 is 1.64 bits per heavy atom. The third-order valence-corrected chi connectivity index (χ3v) is 3.60. The van der Waals surface area contributed by atoms with Gasteiger partial charge in [-0.2, -0.15) is 0 Å². The first-order valence-electron chi connectivity index (χ1n) is 8.20. The lowest BCUT2D eigenvalue weighted by atomic mass is 10.1. The third kappa shape index (κ3) is 6.10. The molecule has 0 radical (unpaired) electrons. The minimum Gasteiger partial charge on any atom is -0.452 e. The summed E-state index contributed by atoms with van der Waals surface area (Å²) in [7, 11) is 0. The first-order valence-corrected chi connectivity index (χ1v) is 8.58. The van der Waals surface area contributed by atoms with E-state index < -0.39 is 30.5 Å². The van der Waals surface area contributed by atoms with Crippen molar-refractivity contribution in [3.8, 4) is 0 Å². The van der Waals surface area contributed by atoms with E-state index in [9.17, 15) is 19.2 Å². The lowest BCUT2D eigenvalue weighted by Gasteiger charge is -2.11. The van der Waals surface area contributed by atoms with Crippen LogP contribution in [0.3, 0.4) is 0 Å². The summed E-state index contributed by atoms with van der Waals surface area (Å²) in [6, 6.07) is 12.4. The van der Waals surface area contributed by atoms with Gasteiger partial charge in [0.25, 0.3) is 11.8 Å². The molecule has 0 aromatic heterocycles. The average Bonchev–Trinajstić information content (AvgIpc) is 2.67. The minimum atomic E-state index is -0.931. The minimum absolute atomic E-state index is 0.0498. The zero-order chi connectivity index (χ0) is 20.5. The number of para-hydroxylation sites is 1. The molecule has 9 heteroatoms. The van der Waals surface area contributed by atoms with Gasteiger partial charge in [0.15, 0.2) is 6.61 Å². The molecule has 2 aromatic rings. The van der Waals surface area contributed by atoms with E-state index in [1.54, 1.807) is 43.3 Å². The highest BCUT2D eigenvalue weighted by atomic mass is 35.5. The largest absolute Gasteiger partial charge is 0.452 e. The van der Waals surface area contributed by atoms with Crippen LogP contribution in [0.15, 0.2) is 48.5 Å². The number of hydrogen-bond acceptors (Lipinski definition) is 6. The summed E-state index contributed by atoms with van der Waals surface area (Å²) in [5.41, 5.74) is 0.605. The molecule has 28 heavy (non-hydrogen) atoms. The van der Waals surface area contributed by atoms with Gasteiger partial charge in [0.2, 0.25) is 0 Å². The molecule has 0 aliphatic carbocycles. The summed E-state index contributed by atoms with van der Waals surface area (Å²) < 4.78 is 9.43. The summed E-state index contributed by atoms with van der Waals surface area (Å²) in [6.07, 6.45) is -0.931. The predicted molar refractivity (Wildman–Crippen MR) is 101 cm³/mol. The van der Waals surface area contributed by atoms with Crippen molar-refractivity contribution < 1.29 is 28.7 Å². The number of anilines is 1. The molecule has 0 heterocycles. The lowest BCUT2D eigenvalue weighted by molar-refractivity contribution is -0.123. The van der Waals surface area contributed by atoms with Crippen molar-refractivity contribution in [1.82, 2.24) is 5.32 Å². The molecule has 2 rings (SSSR count). The monoisotopic (exact) mass is 404 g/mol. The Hall–Kier alpha value is -3.39. The molecule has 146 valence electrons. The van der Waals surface area contributed by atoms with Gasteiger partial charge in [0.1, 0.15) is 0 Å². The molecule has 0 aliphatic heterocycles. The SMILES string of the molecule is CCOC(=O)NC(=O)COC(=O)c1ccccc1NC(=O)c1ccc(Cl)cc1. The highest BCUT2D eigenvalue weighted by Crippen LogP contribution is 2.18. The Balaban J connectivity index is 2.01. The number of benzene rings is 2. The van der Waals surface area contributed by atoms with E-state index in [4.69, 9.17) is 16.3 Å². The highest BCUT2D eigenvalue weighted by Gasteiger charge is 2.17. The predicted octanol–water partition coefficient (Wildman–Crippen LogP) is 3.02. The number of esters is 1. The van der Waals surface area contributed by atoms with Crippen LogP contribution >= 0.6 is 11.6 Å². The van der Waals surface area contributed by atoms with Crippen LogP contribution in [0.25, 0.3) is 0 Å². The topological polar surface area (TPSA) is 111 Å². The van der Waals surface area contributed by atoms with E-state index in [1.807, 2.05) is 5.32 Å². The van der Waals surface area contributed by atoms with Gasteiger partial charge < -0.3 is 14.8 Å². The zero-order valence-corrected chi connectivity index (χ0v) is 15.6. The van der Waals surface area contributed by atoms with Crippen LogP contribution in [0.2, 0.25) is 5.02 Å². The second-order valence-electron chi connectivity index (χ2n) is 5.35. The molecular weight excluding hydrogens is 388 g/mol. The van der Waals surface area contributed by atoms with Gasteiger partial charge in [0, 0.05) is 10.6 Å². The van der Waals surface area contributed by atoms with Crippen LogP contribution < -0.4 is 10.6 Å². The van der Waals surface area contributed by atoms with Gasteiger partial charge in [-0.15, -0.1) is 0 Å². The highest BCUT2D eigenvalue weighted by molar-refractivity contribution is 6.30. The normalized spacial score (nSPS) is 9.93. The summed E-state index contributed by atoms with van der Waals surface area (Å²) >= 11 is 5.80. The van der Waals surface area contributed by atoms with Crippen LogP contribution in [0.1, 0.15) is 27.6 Å². The zero-order valence-electron chi connectivity index (χ0n) is 14.9. The quantitative estimate of drug-likeness (QED) is 0.716. The molecule has 0 saturated carbocycles. The molecule has 0 bridgehead atoms. The Morgan fingerprint density at radius 1 is 0.964 bits per heavy atom. The fourth-order valence-corrected chi connectivity index (χ4v) is 2.22. The van der Waals surface area contributed by atoms with Crippen molar-refractivity contribution in [2.24, 2.45) is 0 Å². The molecular formula is C19H17ClN2O6. The average molecular weight is 405 g/mol. The Morgan fingerprint density at radius 3 is 2.32 bits per heavy atom. The van der Waals surface area contributed by atoms with Gasteiger partial charge in [-0.3, -0.25) is 14.9 Å². The number of alkyl carbamates (subject to hydrolysis) is 1. The van der Waals surface area contributed by atoms with E-state index >= 15 is 0 Å². The van der Waals surface area contributed by atoms with Gasteiger partial charge in [-0.25, -0.2) is 9.59 Å². The number of imide groups is 1. The van der Waals surface area contributed by atoms with Crippen LogP contribution in [0.5, 0.6) is 0 Å². The van der Waals surface area contributed by atoms with E-state index in [0.29, 0.717) is 10.6 Å². The fourth-order valence-electron chi connectivity index (χ4n) is 2.09. The molecule has 0 atom stereocenters. The van der Waals surface area contributed by atoms with Crippen LogP contribution in [0.4, 0.5) is 10.5 Å². The summed E-state index contributed by atoms with van der Waals surface area (Å²) in [6.45, 7) is 0.996. The van der Waals surface area contributed by atoms with Crippen molar-refractivity contribution in [3.05, 3.63) is 64.7 Å². The number of nitrogens with one attached hydrogen (secondary N) is 2. The van der Waals surface area contributed by atoms with Gasteiger partial charge in [0.05, 0.1) is 17.9 Å². The third-order valence-electron chi connectivity index (χ3n) is 3.35. The molecule has 0 unspecified atom stereocenters. The smallest absolute Gasteiger partial charge is 0.413 e. The van der Waals surface area contributed by atoms with E-state index in [0.717, 1.165) is 0 Å². The van der Waals surface area contributed by atoms with Crippen molar-refractivity contribution >= 4 is 41.2 Å². The maximum absolute atomic E-state index is 12.3. The van der Waals surface area contributed by atoms with Crippen molar-refractivity contribution in [3.63, 3.8) is 0 Å².